The van der Waals surface area contributed by atoms with Crippen LogP contribution >= 0.6 is 0 Å². The highest BCUT2D eigenvalue weighted by Gasteiger charge is 2.45. The van der Waals surface area contributed by atoms with Gasteiger partial charge in [-0.25, -0.2) is 0 Å². The molecule has 1 aliphatic heterocycles. The number of hydrogen-bond donors (Lipinski definition) is 1. The number of carbonyl (C=O) groups excluding carboxylic acids is 2. The zero-order valence-corrected chi connectivity index (χ0v) is 15.5. The summed E-state index contributed by atoms with van der Waals surface area (Å²) in [5.41, 5.74) is -0.822. The van der Waals surface area contributed by atoms with E-state index < -0.39 is 34.7 Å². The lowest BCUT2D eigenvalue weighted by Gasteiger charge is -2.35. The number of rotatable bonds is 5. The number of nitro groups is 1. The van der Waals surface area contributed by atoms with Crippen molar-refractivity contribution in [3.05, 3.63) is 46.5 Å². The molecule has 146 valence electrons. The van der Waals surface area contributed by atoms with Gasteiger partial charge in [-0.1, -0.05) is 12.1 Å². The summed E-state index contributed by atoms with van der Waals surface area (Å²) in [5, 5.41) is 13.7. The monoisotopic (exact) mass is 386 g/mol. The Labute approximate surface area is 160 Å². The second kappa shape index (κ2) is 7.14. The first-order valence-corrected chi connectivity index (χ1v) is 8.32. The molecule has 0 atom stereocenters. The van der Waals surface area contributed by atoms with Crippen LogP contribution in [0, 0.1) is 10.1 Å². The molecular weight excluding hydrogens is 368 g/mol. The summed E-state index contributed by atoms with van der Waals surface area (Å²) in [6, 6.07) is 9.35. The van der Waals surface area contributed by atoms with Gasteiger partial charge in [-0.15, -0.1) is 0 Å². The van der Waals surface area contributed by atoms with Crippen LogP contribution in [0.25, 0.3) is 0 Å². The molecular formula is C18H18N4O6. The number of nitrogens with one attached hydrogen (secondary N) is 1. The number of carbonyl (C=O) groups is 2. The largest absolute Gasteiger partial charge is 0.495 e. The third-order valence-electron chi connectivity index (χ3n) is 4.08. The van der Waals surface area contributed by atoms with Gasteiger partial charge in [0.2, 0.25) is 5.91 Å². The molecule has 10 heteroatoms. The number of aromatic nitrogens is 1. The van der Waals surface area contributed by atoms with Crippen LogP contribution < -0.4 is 19.7 Å². The Morgan fingerprint density at radius 2 is 2.04 bits per heavy atom. The number of anilines is 2. The molecule has 10 nitrogen and oxygen atoms in total. The van der Waals surface area contributed by atoms with Crippen LogP contribution in [0.4, 0.5) is 17.3 Å². The SMILES string of the molecule is COc1ccccc1NC(=O)CN1C(=O)C(C)(C)Oc2ccc([N+](=O)[O-])nc21. The van der Waals surface area contributed by atoms with E-state index in [4.69, 9.17) is 9.47 Å². The van der Waals surface area contributed by atoms with Gasteiger partial charge in [-0.3, -0.25) is 14.5 Å². The smallest absolute Gasteiger partial charge is 0.366 e. The number of fused-ring (bicyclic) bond motifs is 1. The molecule has 0 bridgehead atoms. The molecule has 0 fully saturated rings. The summed E-state index contributed by atoms with van der Waals surface area (Å²) in [5.74, 6) is -0.949. The van der Waals surface area contributed by atoms with Crippen LogP contribution in [-0.2, 0) is 9.59 Å². The third-order valence-corrected chi connectivity index (χ3v) is 4.08. The van der Waals surface area contributed by atoms with Gasteiger partial charge in [-0.05, 0) is 42.0 Å². The zero-order valence-electron chi connectivity index (χ0n) is 15.5. The molecule has 1 N–H and O–H groups in total. The standard InChI is InChI=1S/C18H18N4O6/c1-18(2)17(24)21(16-13(28-18)8-9-14(20-16)22(25)26)10-15(23)19-11-6-4-5-7-12(11)27-3/h4-9H,10H2,1-3H3,(H,19,23). The van der Waals surface area contributed by atoms with Gasteiger partial charge < -0.3 is 24.9 Å². The Bertz CT molecular complexity index is 959. The van der Waals surface area contributed by atoms with Crippen molar-refractivity contribution in [3.8, 4) is 11.5 Å². The Balaban J connectivity index is 1.91. The van der Waals surface area contributed by atoms with Crippen LogP contribution in [0.1, 0.15) is 13.8 Å². The highest BCUT2D eigenvalue weighted by atomic mass is 16.6. The van der Waals surface area contributed by atoms with Crippen molar-refractivity contribution < 1.29 is 24.0 Å². The molecule has 2 amide bonds. The maximum atomic E-state index is 12.8. The Kier molecular flexibility index (Phi) is 4.87. The van der Waals surface area contributed by atoms with Crippen molar-refractivity contribution in [2.24, 2.45) is 0 Å². The summed E-state index contributed by atoms with van der Waals surface area (Å²) in [6.07, 6.45) is 0. The number of methoxy groups -OCH3 is 1. The summed E-state index contributed by atoms with van der Waals surface area (Å²) >= 11 is 0. The minimum atomic E-state index is -1.25. The maximum Gasteiger partial charge on any atom is 0.366 e. The fraction of sp³-hybridized carbons (Fsp3) is 0.278. The lowest BCUT2D eigenvalue weighted by atomic mass is 10.1. The molecule has 28 heavy (non-hydrogen) atoms. The van der Waals surface area contributed by atoms with Crippen LogP contribution in [-0.4, -0.2) is 41.0 Å². The number of nitrogens with zero attached hydrogens (tertiary/aromatic N) is 3. The molecule has 0 saturated heterocycles. The third kappa shape index (κ3) is 3.56. The van der Waals surface area contributed by atoms with Gasteiger partial charge in [0.05, 0.1) is 12.8 Å². The first kappa shape index (κ1) is 19.1. The normalized spacial score (nSPS) is 14.7. The van der Waals surface area contributed by atoms with Crippen molar-refractivity contribution in [2.45, 2.75) is 19.4 Å². The molecule has 0 unspecified atom stereocenters. The number of pyridine rings is 1. The van der Waals surface area contributed by atoms with Gasteiger partial charge in [0.1, 0.15) is 12.3 Å². The maximum absolute atomic E-state index is 12.8. The van der Waals surface area contributed by atoms with E-state index in [0.29, 0.717) is 11.4 Å². The molecule has 0 spiro atoms. The summed E-state index contributed by atoms with van der Waals surface area (Å²) in [4.78, 5) is 40.7. The first-order chi connectivity index (χ1) is 13.2. The van der Waals surface area contributed by atoms with E-state index >= 15 is 0 Å². The summed E-state index contributed by atoms with van der Waals surface area (Å²) < 4.78 is 10.8. The molecule has 2 heterocycles. The van der Waals surface area contributed by atoms with Crippen molar-refractivity contribution in [1.82, 2.24) is 4.98 Å². The van der Waals surface area contributed by atoms with Crippen LogP contribution in [0.5, 0.6) is 11.5 Å². The van der Waals surface area contributed by atoms with Gasteiger partial charge in [0, 0.05) is 6.07 Å². The molecule has 1 aliphatic rings. The fourth-order valence-electron chi connectivity index (χ4n) is 2.77. The Hall–Kier alpha value is -3.69. The fourth-order valence-corrected chi connectivity index (χ4v) is 2.77. The molecule has 3 rings (SSSR count). The molecule has 0 saturated carbocycles. The lowest BCUT2D eigenvalue weighted by Crippen LogP contribution is -2.54. The van der Waals surface area contributed by atoms with Gasteiger partial charge in [-0.2, -0.15) is 0 Å². The Morgan fingerprint density at radius 3 is 2.71 bits per heavy atom. The van der Waals surface area contributed by atoms with Gasteiger partial charge in [0.25, 0.3) is 11.7 Å². The predicted octanol–water partition coefficient (Wildman–Crippen LogP) is 2.14. The van der Waals surface area contributed by atoms with Crippen LogP contribution in [0.3, 0.4) is 0 Å². The van der Waals surface area contributed by atoms with Crippen molar-refractivity contribution in [2.75, 3.05) is 23.9 Å². The van der Waals surface area contributed by atoms with E-state index in [9.17, 15) is 19.7 Å². The van der Waals surface area contributed by atoms with E-state index in [-0.39, 0.29) is 11.6 Å². The molecule has 0 aliphatic carbocycles. The topological polar surface area (TPSA) is 124 Å². The van der Waals surface area contributed by atoms with Gasteiger partial charge in [0.15, 0.2) is 11.4 Å². The molecule has 0 radical (unpaired) electrons. The molecule has 1 aromatic carbocycles. The van der Waals surface area contributed by atoms with Crippen molar-refractivity contribution in [3.63, 3.8) is 0 Å². The van der Waals surface area contributed by atoms with Crippen LogP contribution in [0.15, 0.2) is 36.4 Å². The second-order valence-corrected chi connectivity index (χ2v) is 6.50. The number of para-hydroxylation sites is 2. The highest BCUT2D eigenvalue weighted by Crippen LogP contribution is 2.37. The van der Waals surface area contributed by atoms with E-state index in [1.54, 1.807) is 38.1 Å². The Morgan fingerprint density at radius 1 is 1.32 bits per heavy atom. The highest BCUT2D eigenvalue weighted by molar-refractivity contribution is 6.07. The number of hydrogen-bond acceptors (Lipinski definition) is 7. The lowest BCUT2D eigenvalue weighted by molar-refractivity contribution is -0.389. The van der Waals surface area contributed by atoms with E-state index in [0.717, 1.165) is 4.90 Å². The van der Waals surface area contributed by atoms with E-state index in [1.165, 1.54) is 19.2 Å². The summed E-state index contributed by atoms with van der Waals surface area (Å²) in [7, 11) is 1.47. The number of benzene rings is 1. The zero-order chi connectivity index (χ0) is 20.5. The van der Waals surface area contributed by atoms with E-state index in [2.05, 4.69) is 10.3 Å². The van der Waals surface area contributed by atoms with Gasteiger partial charge >= 0.3 is 5.82 Å². The minimum absolute atomic E-state index is 0.0753. The molecule has 2 aromatic rings. The van der Waals surface area contributed by atoms with Crippen molar-refractivity contribution >= 4 is 29.1 Å². The second-order valence-electron chi connectivity index (χ2n) is 6.50. The van der Waals surface area contributed by atoms with Crippen molar-refractivity contribution in [1.29, 1.82) is 0 Å². The average molecular weight is 386 g/mol. The quantitative estimate of drug-likeness (QED) is 0.616. The first-order valence-electron chi connectivity index (χ1n) is 8.32. The van der Waals surface area contributed by atoms with Crippen LogP contribution in [0.2, 0.25) is 0 Å². The molecule has 1 aromatic heterocycles. The number of amides is 2. The number of ether oxygens (including phenoxy) is 2. The van der Waals surface area contributed by atoms with E-state index in [1.807, 2.05) is 0 Å². The predicted molar refractivity (Wildman–Crippen MR) is 99.6 cm³/mol. The average Bonchev–Trinajstić information content (AvgIpc) is 2.65. The minimum Gasteiger partial charge on any atom is -0.495 e. The summed E-state index contributed by atoms with van der Waals surface area (Å²) in [6.45, 7) is 2.69.